The van der Waals surface area contributed by atoms with E-state index in [1.165, 1.54) is 0 Å². The molecule has 0 atom stereocenters. The van der Waals surface area contributed by atoms with Crippen molar-refractivity contribution in [1.82, 2.24) is 0 Å². The zero-order valence-electron chi connectivity index (χ0n) is 3.97. The molecule has 4 heteroatoms. The minimum Gasteiger partial charge on any atom is -0.479 e. The second-order valence-electron chi connectivity index (χ2n) is 0.699. The molecule has 0 fully saturated rings. The molecule has 0 saturated carbocycles. The third-order valence-electron chi connectivity index (χ3n) is 0.268. The van der Waals surface area contributed by atoms with Crippen LogP contribution in [-0.4, -0.2) is 11.0 Å². The highest BCUT2D eigenvalue weighted by atomic mass is 32.1. The molecule has 7 heavy (non-hydrogen) atoms. The highest BCUT2D eigenvalue weighted by Crippen LogP contribution is 1.83. The highest BCUT2D eigenvalue weighted by molar-refractivity contribution is 8.10. The fourth-order valence-corrected chi connectivity index (χ4v) is 0.370. The minimum atomic E-state index is 0. The number of ether oxygens (including phenoxy) is 1. The van der Waals surface area contributed by atoms with Gasteiger partial charge in [-0.05, 0) is 19.1 Å². The predicted molar refractivity (Wildman–Crippen MR) is 43.6 cm³/mol. The fraction of sp³-hybridized carbons (Fsp3) is 0.667. The van der Waals surface area contributed by atoms with Gasteiger partial charge in [-0.15, -0.1) is 0 Å². The maximum Gasteiger partial charge on any atom is 0.216 e. The molecule has 44 valence electrons. The lowest BCUT2D eigenvalue weighted by atomic mass is 10.9. The number of hydrogen-bond acceptors (Lipinski definition) is 2. The van der Waals surface area contributed by atoms with Gasteiger partial charge in [0.25, 0.3) is 0 Å². The van der Waals surface area contributed by atoms with Gasteiger partial charge in [-0.1, -0.05) is 12.6 Å². The van der Waals surface area contributed by atoms with E-state index in [4.69, 9.17) is 0 Å². The summed E-state index contributed by atoms with van der Waals surface area (Å²) in [6.07, 6.45) is 0. The molecule has 0 amide bonds. The maximum atomic E-state index is 4.64. The smallest absolute Gasteiger partial charge is 0.216 e. The van der Waals surface area contributed by atoms with E-state index < -0.39 is 0 Å². The van der Waals surface area contributed by atoms with E-state index in [0.717, 1.165) is 0 Å². The lowest BCUT2D eigenvalue weighted by molar-refractivity contribution is 0.346. The first kappa shape index (κ1) is 10.5. The third-order valence-corrected chi connectivity index (χ3v) is 0.515. The molecule has 0 rings (SSSR count). The summed E-state index contributed by atoms with van der Waals surface area (Å²) in [5.74, 6) is 0. The van der Waals surface area contributed by atoms with Gasteiger partial charge in [0.05, 0.1) is 6.61 Å². The van der Waals surface area contributed by atoms with Crippen LogP contribution in [0.4, 0.5) is 0 Å². The van der Waals surface area contributed by atoms with Gasteiger partial charge < -0.3 is 4.74 Å². The van der Waals surface area contributed by atoms with Crippen molar-refractivity contribution in [3.05, 3.63) is 0 Å². The normalized spacial score (nSPS) is 6.57. The van der Waals surface area contributed by atoms with E-state index in [9.17, 15) is 0 Å². The van der Waals surface area contributed by atoms with Gasteiger partial charge >= 0.3 is 0 Å². The van der Waals surface area contributed by atoms with Gasteiger partial charge in [-0.2, -0.15) is 13.5 Å². The molecule has 0 N–H and O–H groups in total. The van der Waals surface area contributed by atoms with Crippen molar-refractivity contribution in [2.24, 2.45) is 0 Å². The summed E-state index contributed by atoms with van der Waals surface area (Å²) in [4.78, 5) is 0. The van der Waals surface area contributed by atoms with Gasteiger partial charge in [0.15, 0.2) is 0 Å². The van der Waals surface area contributed by atoms with Crippen molar-refractivity contribution in [1.29, 1.82) is 0 Å². The molecule has 0 aliphatic rings. The first-order chi connectivity index (χ1) is 2.77. The summed E-state index contributed by atoms with van der Waals surface area (Å²) in [6, 6.07) is 0. The molecule has 0 aliphatic heterocycles. The van der Waals surface area contributed by atoms with Gasteiger partial charge in [0.1, 0.15) is 0 Å². The standard InChI is InChI=1S/C3H6OS2.H2S/c1-2-4-3(5)6;/h2H2,1H3,(H,5,6);1H2. The molecule has 0 aliphatic carbocycles. The van der Waals surface area contributed by atoms with Crippen LogP contribution in [0.15, 0.2) is 0 Å². The number of thiol groups is 1. The van der Waals surface area contributed by atoms with Gasteiger partial charge in [0, 0.05) is 0 Å². The lowest BCUT2D eigenvalue weighted by Gasteiger charge is -1.92. The summed E-state index contributed by atoms with van der Waals surface area (Å²) < 4.78 is 4.95. The van der Waals surface area contributed by atoms with Crippen LogP contribution in [0.5, 0.6) is 0 Å². The first-order valence-corrected chi connectivity index (χ1v) is 2.48. The molecule has 0 aromatic carbocycles. The van der Waals surface area contributed by atoms with Crippen LogP contribution in [0.3, 0.4) is 0 Å². The quantitative estimate of drug-likeness (QED) is 0.453. The maximum absolute atomic E-state index is 4.64. The van der Waals surface area contributed by atoms with Crippen molar-refractivity contribution in [3.63, 3.8) is 0 Å². The highest BCUT2D eigenvalue weighted by Gasteiger charge is 1.77. The van der Waals surface area contributed by atoms with Crippen LogP contribution in [0.1, 0.15) is 6.92 Å². The largest absolute Gasteiger partial charge is 0.479 e. The van der Waals surface area contributed by atoms with Crippen molar-refractivity contribution >= 4 is 42.7 Å². The van der Waals surface area contributed by atoms with E-state index in [0.29, 0.717) is 11.0 Å². The molecule has 0 saturated heterocycles. The van der Waals surface area contributed by atoms with Crippen LogP contribution in [0.25, 0.3) is 0 Å². The Hall–Kier alpha value is 0.590. The zero-order valence-corrected chi connectivity index (χ0v) is 6.68. The molecule has 0 bridgehead atoms. The molecular weight excluding hydrogens is 148 g/mol. The Morgan fingerprint density at radius 2 is 2.29 bits per heavy atom. The Labute approximate surface area is 61.3 Å². The van der Waals surface area contributed by atoms with Crippen molar-refractivity contribution in [2.75, 3.05) is 6.61 Å². The SMILES string of the molecule is CCOC(=S)S.S. The monoisotopic (exact) mass is 156 g/mol. The van der Waals surface area contributed by atoms with Crippen LogP contribution >= 0.6 is 38.3 Å². The van der Waals surface area contributed by atoms with Crippen molar-refractivity contribution in [2.45, 2.75) is 6.92 Å². The van der Waals surface area contributed by atoms with E-state index in [1.807, 2.05) is 6.92 Å². The molecule has 0 aromatic rings. The zero-order chi connectivity index (χ0) is 4.99. The van der Waals surface area contributed by atoms with E-state index in [-0.39, 0.29) is 13.5 Å². The molecule has 1 nitrogen and oxygen atoms in total. The van der Waals surface area contributed by atoms with Gasteiger partial charge in [0.2, 0.25) is 4.38 Å². The molecule has 0 unspecified atom stereocenters. The summed E-state index contributed by atoms with van der Waals surface area (Å²) in [5, 5.41) is 0. The fourth-order valence-electron chi connectivity index (χ4n) is 0.123. The first-order valence-electron chi connectivity index (χ1n) is 1.63. The molecular formula is C3H8OS3. The average Bonchev–Trinajstić information content (AvgIpc) is 1.35. The van der Waals surface area contributed by atoms with E-state index in [2.05, 4.69) is 29.6 Å². The Bertz CT molecular complexity index is 54.1. The number of hydrogen-bond donors (Lipinski definition) is 1. The predicted octanol–water partition coefficient (Wildman–Crippen LogP) is 1.35. The van der Waals surface area contributed by atoms with Gasteiger partial charge in [-0.3, -0.25) is 0 Å². The second-order valence-corrected chi connectivity index (χ2v) is 1.78. The van der Waals surface area contributed by atoms with Crippen molar-refractivity contribution < 1.29 is 4.74 Å². The summed E-state index contributed by atoms with van der Waals surface area (Å²) in [7, 11) is 0. The van der Waals surface area contributed by atoms with Crippen LogP contribution < -0.4 is 0 Å². The Morgan fingerprint density at radius 1 is 1.86 bits per heavy atom. The summed E-state index contributed by atoms with van der Waals surface area (Å²) in [6.45, 7) is 2.48. The molecule has 0 heterocycles. The average molecular weight is 156 g/mol. The number of rotatable bonds is 1. The Balaban J connectivity index is 0. The lowest BCUT2D eigenvalue weighted by Crippen LogP contribution is -1.89. The van der Waals surface area contributed by atoms with Gasteiger partial charge in [-0.25, -0.2) is 0 Å². The second kappa shape index (κ2) is 6.59. The Morgan fingerprint density at radius 3 is 2.29 bits per heavy atom. The Kier molecular flexibility index (Phi) is 9.93. The topological polar surface area (TPSA) is 9.23 Å². The summed E-state index contributed by atoms with van der Waals surface area (Å²) >= 11 is 8.12. The minimum absolute atomic E-state index is 0. The van der Waals surface area contributed by atoms with Crippen LogP contribution in [0, 0.1) is 0 Å². The molecule has 0 radical (unpaired) electrons. The van der Waals surface area contributed by atoms with E-state index >= 15 is 0 Å². The van der Waals surface area contributed by atoms with Crippen LogP contribution in [-0.2, 0) is 4.74 Å². The van der Waals surface area contributed by atoms with Crippen molar-refractivity contribution in [3.8, 4) is 0 Å². The van der Waals surface area contributed by atoms with E-state index in [1.54, 1.807) is 0 Å². The molecule has 0 spiro atoms. The number of thiocarbonyl (C=S) groups is 1. The van der Waals surface area contributed by atoms with Crippen LogP contribution in [0.2, 0.25) is 0 Å². The third kappa shape index (κ3) is 10.8. The summed E-state index contributed by atoms with van der Waals surface area (Å²) in [5.41, 5.74) is 0. The molecule has 0 aromatic heterocycles.